The SMILES string of the molecule is Cc1ccc2cc(C[O-])ccc2c1.[Li+]. The number of benzene rings is 2. The van der Waals surface area contributed by atoms with E-state index < -0.39 is 0 Å². The molecular weight excluding hydrogens is 167 g/mol. The monoisotopic (exact) mass is 178 g/mol. The normalized spacial score (nSPS) is 9.86. The first-order valence-electron chi connectivity index (χ1n) is 4.37. The van der Waals surface area contributed by atoms with E-state index in [4.69, 9.17) is 0 Å². The maximum Gasteiger partial charge on any atom is 1.00 e. The average molecular weight is 178 g/mol. The molecule has 0 aromatic heterocycles. The van der Waals surface area contributed by atoms with Crippen molar-refractivity contribution in [3.63, 3.8) is 0 Å². The number of hydrogen-bond donors (Lipinski definition) is 0. The molecule has 2 aromatic rings. The first-order valence-corrected chi connectivity index (χ1v) is 4.37. The van der Waals surface area contributed by atoms with E-state index in [1.54, 1.807) is 0 Å². The standard InChI is InChI=1S/C12H11O.Li/c1-9-2-4-12-7-10(8-13)3-5-11(12)6-9;/h2-7H,8H2,1H3;/q-1;+1. The summed E-state index contributed by atoms with van der Waals surface area (Å²) in [5.41, 5.74) is 2.11. The van der Waals surface area contributed by atoms with Gasteiger partial charge in [-0.05, 0) is 17.7 Å². The van der Waals surface area contributed by atoms with E-state index >= 15 is 0 Å². The molecule has 0 unspecified atom stereocenters. The molecule has 0 aliphatic carbocycles. The molecule has 0 aliphatic heterocycles. The van der Waals surface area contributed by atoms with Gasteiger partial charge in [0.25, 0.3) is 0 Å². The van der Waals surface area contributed by atoms with Crippen LogP contribution in [0.1, 0.15) is 11.1 Å². The minimum absolute atomic E-state index is 0. The smallest absolute Gasteiger partial charge is 0.851 e. The van der Waals surface area contributed by atoms with Crippen LogP contribution in [0.3, 0.4) is 0 Å². The van der Waals surface area contributed by atoms with Gasteiger partial charge in [-0.15, -0.1) is 6.61 Å². The van der Waals surface area contributed by atoms with E-state index in [-0.39, 0.29) is 25.5 Å². The molecule has 2 aromatic carbocycles. The van der Waals surface area contributed by atoms with Crippen molar-refractivity contribution < 1.29 is 24.0 Å². The van der Waals surface area contributed by atoms with E-state index in [0.717, 1.165) is 10.9 Å². The Morgan fingerprint density at radius 2 is 1.64 bits per heavy atom. The van der Waals surface area contributed by atoms with Gasteiger partial charge in [0.05, 0.1) is 0 Å². The summed E-state index contributed by atoms with van der Waals surface area (Å²) in [4.78, 5) is 0. The summed E-state index contributed by atoms with van der Waals surface area (Å²) < 4.78 is 0. The van der Waals surface area contributed by atoms with Crippen molar-refractivity contribution in [3.8, 4) is 0 Å². The number of aryl methyl sites for hydroxylation is 1. The molecule has 0 N–H and O–H groups in total. The van der Waals surface area contributed by atoms with Gasteiger partial charge >= 0.3 is 18.9 Å². The van der Waals surface area contributed by atoms with Crippen LogP contribution in [0.15, 0.2) is 36.4 Å². The molecule has 0 bridgehead atoms. The van der Waals surface area contributed by atoms with E-state index in [0.29, 0.717) is 0 Å². The van der Waals surface area contributed by atoms with Gasteiger partial charge in [-0.2, -0.15) is 0 Å². The van der Waals surface area contributed by atoms with Crippen LogP contribution in [0.25, 0.3) is 10.8 Å². The molecule has 14 heavy (non-hydrogen) atoms. The van der Waals surface area contributed by atoms with Crippen molar-refractivity contribution in [1.82, 2.24) is 0 Å². The quantitative estimate of drug-likeness (QED) is 0.514. The molecule has 0 atom stereocenters. The van der Waals surface area contributed by atoms with Gasteiger partial charge in [0.15, 0.2) is 0 Å². The number of rotatable bonds is 1. The molecule has 0 spiro atoms. The molecule has 0 saturated carbocycles. The topological polar surface area (TPSA) is 23.1 Å². The summed E-state index contributed by atoms with van der Waals surface area (Å²) in [6.45, 7) is 1.94. The Morgan fingerprint density at radius 1 is 1.00 bits per heavy atom. The van der Waals surface area contributed by atoms with Gasteiger partial charge in [-0.25, -0.2) is 0 Å². The first kappa shape index (κ1) is 11.3. The molecular formula is C12H11LiO. The molecule has 66 valence electrons. The molecule has 0 saturated heterocycles. The maximum atomic E-state index is 10.6. The summed E-state index contributed by atoms with van der Waals surface area (Å²) in [6.07, 6.45) is 0. The van der Waals surface area contributed by atoms with Crippen LogP contribution >= 0.6 is 0 Å². The molecule has 0 amide bonds. The molecule has 0 fully saturated rings. The third-order valence-corrected chi connectivity index (χ3v) is 2.23. The molecule has 2 heteroatoms. The summed E-state index contributed by atoms with van der Waals surface area (Å²) in [7, 11) is 0. The minimum Gasteiger partial charge on any atom is -0.851 e. The van der Waals surface area contributed by atoms with Gasteiger partial charge in [0.1, 0.15) is 0 Å². The Labute approximate surface area is 95.9 Å². The van der Waals surface area contributed by atoms with Gasteiger partial charge in [-0.3, -0.25) is 0 Å². The number of fused-ring (bicyclic) bond motifs is 1. The fourth-order valence-electron chi connectivity index (χ4n) is 1.50. The summed E-state index contributed by atoms with van der Waals surface area (Å²) >= 11 is 0. The maximum absolute atomic E-state index is 10.6. The fourth-order valence-corrected chi connectivity index (χ4v) is 1.50. The fraction of sp³-hybridized carbons (Fsp3) is 0.167. The van der Waals surface area contributed by atoms with Crippen molar-refractivity contribution in [3.05, 3.63) is 47.5 Å². The molecule has 0 radical (unpaired) electrons. The summed E-state index contributed by atoms with van der Waals surface area (Å²) in [6, 6.07) is 12.1. The van der Waals surface area contributed by atoms with Gasteiger partial charge in [0.2, 0.25) is 0 Å². The van der Waals surface area contributed by atoms with Gasteiger partial charge in [-0.1, -0.05) is 47.5 Å². The molecule has 0 heterocycles. The molecule has 1 nitrogen and oxygen atoms in total. The minimum atomic E-state index is -0.135. The summed E-state index contributed by atoms with van der Waals surface area (Å²) in [5, 5.41) is 13.0. The second-order valence-corrected chi connectivity index (χ2v) is 3.33. The summed E-state index contributed by atoms with van der Waals surface area (Å²) in [5.74, 6) is 0. The van der Waals surface area contributed by atoms with E-state index in [1.165, 1.54) is 10.9 Å². The Balaban J connectivity index is 0.000000980. The zero-order chi connectivity index (χ0) is 9.26. The van der Waals surface area contributed by atoms with E-state index in [9.17, 15) is 5.11 Å². The predicted molar refractivity (Wildman–Crippen MR) is 52.4 cm³/mol. The Hall–Kier alpha value is -0.743. The van der Waals surface area contributed by atoms with Crippen LogP contribution in [0.4, 0.5) is 0 Å². The first-order chi connectivity index (χ1) is 6.29. The van der Waals surface area contributed by atoms with Crippen molar-refractivity contribution in [2.24, 2.45) is 0 Å². The Morgan fingerprint density at radius 3 is 2.36 bits per heavy atom. The van der Waals surface area contributed by atoms with E-state index in [1.807, 2.05) is 18.2 Å². The van der Waals surface area contributed by atoms with Crippen molar-refractivity contribution in [2.45, 2.75) is 13.5 Å². The third kappa shape index (κ3) is 2.19. The Bertz CT molecular complexity index is 437. The second-order valence-electron chi connectivity index (χ2n) is 3.33. The van der Waals surface area contributed by atoms with Crippen molar-refractivity contribution in [1.29, 1.82) is 0 Å². The van der Waals surface area contributed by atoms with Crippen LogP contribution < -0.4 is 24.0 Å². The van der Waals surface area contributed by atoms with Crippen LogP contribution in [0.2, 0.25) is 0 Å². The van der Waals surface area contributed by atoms with E-state index in [2.05, 4.69) is 25.1 Å². The van der Waals surface area contributed by atoms with Crippen LogP contribution in [-0.4, -0.2) is 0 Å². The predicted octanol–water partition coefficient (Wildman–Crippen LogP) is -0.987. The van der Waals surface area contributed by atoms with Crippen molar-refractivity contribution >= 4 is 10.8 Å². The van der Waals surface area contributed by atoms with Gasteiger partial charge in [0, 0.05) is 0 Å². The third-order valence-electron chi connectivity index (χ3n) is 2.23. The number of hydrogen-bond acceptors (Lipinski definition) is 1. The van der Waals surface area contributed by atoms with Crippen LogP contribution in [0, 0.1) is 6.92 Å². The zero-order valence-electron chi connectivity index (χ0n) is 8.58. The molecule has 2 rings (SSSR count). The Kier molecular flexibility index (Phi) is 3.77. The van der Waals surface area contributed by atoms with Crippen molar-refractivity contribution in [2.75, 3.05) is 0 Å². The second kappa shape index (κ2) is 4.66. The largest absolute Gasteiger partial charge is 1.00 e. The van der Waals surface area contributed by atoms with Crippen LogP contribution in [-0.2, 0) is 6.61 Å². The van der Waals surface area contributed by atoms with Crippen LogP contribution in [0.5, 0.6) is 0 Å². The zero-order valence-corrected chi connectivity index (χ0v) is 8.58. The molecule has 0 aliphatic rings. The van der Waals surface area contributed by atoms with Gasteiger partial charge < -0.3 is 5.11 Å². The average Bonchev–Trinajstić information content (AvgIpc) is 2.17.